The third kappa shape index (κ3) is 2.42. The van der Waals surface area contributed by atoms with Crippen LogP contribution in [0.3, 0.4) is 0 Å². The number of hydrogen-bond acceptors (Lipinski definition) is 3. The molecule has 0 aliphatic carbocycles. The normalized spacial score (nSPS) is 16.2. The smallest absolute Gasteiger partial charge is 0.265 e. The minimum Gasteiger partial charge on any atom is -0.288 e. The Labute approximate surface area is 117 Å². The van der Waals surface area contributed by atoms with E-state index in [0.29, 0.717) is 0 Å². The molecule has 98 valence electrons. The van der Waals surface area contributed by atoms with Gasteiger partial charge in [-0.05, 0) is 30.8 Å². The molecule has 1 saturated heterocycles. The first-order valence-electron chi connectivity index (χ1n) is 5.80. The van der Waals surface area contributed by atoms with E-state index in [4.69, 9.17) is 12.2 Å². The van der Waals surface area contributed by atoms with Crippen molar-refractivity contribution in [1.29, 1.82) is 0 Å². The van der Waals surface area contributed by atoms with Gasteiger partial charge in [-0.15, -0.1) is 0 Å². The summed E-state index contributed by atoms with van der Waals surface area (Å²) in [5.74, 6) is -0.732. The number of rotatable bonds is 1. The molecule has 4 nitrogen and oxygen atoms in total. The van der Waals surface area contributed by atoms with Gasteiger partial charge in [0.15, 0.2) is 5.11 Å². The summed E-state index contributed by atoms with van der Waals surface area (Å²) in [6, 6.07) is 7.62. The molecule has 0 aromatic heterocycles. The number of carbonyl (C=O) groups excluding carboxylic acids is 2. The number of benzene rings is 1. The van der Waals surface area contributed by atoms with E-state index in [0.717, 1.165) is 11.1 Å². The van der Waals surface area contributed by atoms with Gasteiger partial charge in [0.25, 0.3) is 11.8 Å². The van der Waals surface area contributed by atoms with Crippen LogP contribution in [0.2, 0.25) is 0 Å². The number of hydrogen-bond donors (Lipinski definition) is 0. The van der Waals surface area contributed by atoms with E-state index in [1.54, 1.807) is 20.2 Å². The Morgan fingerprint density at radius 1 is 1.11 bits per heavy atom. The molecule has 0 bridgehead atoms. The van der Waals surface area contributed by atoms with Gasteiger partial charge in [-0.3, -0.25) is 19.4 Å². The van der Waals surface area contributed by atoms with Crippen molar-refractivity contribution in [2.24, 2.45) is 0 Å². The third-order valence-corrected chi connectivity index (χ3v) is 3.54. The van der Waals surface area contributed by atoms with Crippen LogP contribution in [0.25, 0.3) is 6.08 Å². The van der Waals surface area contributed by atoms with Crippen LogP contribution in [0.15, 0.2) is 29.8 Å². The molecule has 0 N–H and O–H groups in total. The molecule has 19 heavy (non-hydrogen) atoms. The van der Waals surface area contributed by atoms with Crippen molar-refractivity contribution in [3.8, 4) is 0 Å². The summed E-state index contributed by atoms with van der Waals surface area (Å²) < 4.78 is 0. The SMILES string of the molecule is Cc1cccc(C=C2C(=O)N(C)C(=S)N(C)C2=O)c1. The van der Waals surface area contributed by atoms with Gasteiger partial charge >= 0.3 is 0 Å². The zero-order valence-corrected chi connectivity index (χ0v) is 11.8. The van der Waals surface area contributed by atoms with Gasteiger partial charge in [-0.1, -0.05) is 29.8 Å². The fourth-order valence-corrected chi connectivity index (χ4v) is 2.07. The van der Waals surface area contributed by atoms with Crippen LogP contribution < -0.4 is 0 Å². The van der Waals surface area contributed by atoms with Crippen molar-refractivity contribution < 1.29 is 9.59 Å². The molecule has 0 spiro atoms. The van der Waals surface area contributed by atoms with Crippen molar-refractivity contribution in [2.45, 2.75) is 6.92 Å². The largest absolute Gasteiger partial charge is 0.288 e. The lowest BCUT2D eigenvalue weighted by Gasteiger charge is -2.31. The molecule has 5 heteroatoms. The lowest BCUT2D eigenvalue weighted by atomic mass is 10.1. The highest BCUT2D eigenvalue weighted by molar-refractivity contribution is 7.80. The van der Waals surface area contributed by atoms with E-state index in [1.165, 1.54) is 9.80 Å². The highest BCUT2D eigenvalue weighted by Gasteiger charge is 2.35. The zero-order valence-electron chi connectivity index (χ0n) is 11.0. The average Bonchev–Trinajstić information content (AvgIpc) is 2.39. The molecule has 2 amide bonds. The maximum absolute atomic E-state index is 12.1. The van der Waals surface area contributed by atoms with Crippen LogP contribution in [0, 0.1) is 6.92 Å². The molecule has 0 saturated carbocycles. The van der Waals surface area contributed by atoms with Crippen LogP contribution in [0.4, 0.5) is 0 Å². The minimum atomic E-state index is -0.366. The Morgan fingerprint density at radius 2 is 1.68 bits per heavy atom. The summed E-state index contributed by atoms with van der Waals surface area (Å²) in [5.41, 5.74) is 2.03. The third-order valence-electron chi connectivity index (χ3n) is 3.00. The molecule has 0 unspecified atom stereocenters. The lowest BCUT2D eigenvalue weighted by Crippen LogP contribution is -2.52. The van der Waals surface area contributed by atoms with Gasteiger partial charge in [0.1, 0.15) is 5.57 Å². The van der Waals surface area contributed by atoms with Gasteiger partial charge in [0.05, 0.1) is 0 Å². The Bertz CT molecular complexity index is 581. The minimum absolute atomic E-state index is 0.129. The van der Waals surface area contributed by atoms with E-state index in [9.17, 15) is 9.59 Å². The van der Waals surface area contributed by atoms with E-state index in [-0.39, 0.29) is 22.5 Å². The predicted molar refractivity (Wildman–Crippen MR) is 77.3 cm³/mol. The Hall–Kier alpha value is -2.01. The monoisotopic (exact) mass is 274 g/mol. The van der Waals surface area contributed by atoms with Crippen molar-refractivity contribution in [3.05, 3.63) is 41.0 Å². The summed E-state index contributed by atoms with van der Waals surface area (Å²) in [7, 11) is 3.13. The molecule has 0 atom stereocenters. The summed E-state index contributed by atoms with van der Waals surface area (Å²) in [5, 5.41) is 0.219. The second kappa shape index (κ2) is 4.93. The van der Waals surface area contributed by atoms with E-state index >= 15 is 0 Å². The van der Waals surface area contributed by atoms with Gasteiger partial charge in [0, 0.05) is 14.1 Å². The average molecular weight is 274 g/mol. The van der Waals surface area contributed by atoms with Crippen molar-refractivity contribution in [2.75, 3.05) is 14.1 Å². The molecular weight excluding hydrogens is 260 g/mol. The second-order valence-corrected chi connectivity index (χ2v) is 4.85. The number of amides is 2. The Kier molecular flexibility index (Phi) is 3.48. The maximum Gasteiger partial charge on any atom is 0.265 e. The van der Waals surface area contributed by atoms with Crippen LogP contribution in [-0.2, 0) is 9.59 Å². The Morgan fingerprint density at radius 3 is 2.21 bits per heavy atom. The number of thiocarbonyl (C=S) groups is 1. The molecule has 0 radical (unpaired) electrons. The Balaban J connectivity index is 2.45. The topological polar surface area (TPSA) is 40.6 Å². The predicted octanol–water partition coefficient (Wildman–Crippen LogP) is 1.59. The summed E-state index contributed by atoms with van der Waals surface area (Å²) >= 11 is 5.03. The molecule has 2 rings (SSSR count). The van der Waals surface area contributed by atoms with Crippen LogP contribution in [0.5, 0.6) is 0 Å². The molecular formula is C14H14N2O2S. The van der Waals surface area contributed by atoms with E-state index < -0.39 is 0 Å². The van der Waals surface area contributed by atoms with E-state index in [2.05, 4.69) is 0 Å². The van der Waals surface area contributed by atoms with Gasteiger partial charge in [-0.2, -0.15) is 0 Å². The molecule has 1 heterocycles. The first-order chi connectivity index (χ1) is 8.91. The number of likely N-dealkylation sites (N-methyl/N-ethyl adjacent to an activating group) is 2. The van der Waals surface area contributed by atoms with E-state index in [1.807, 2.05) is 31.2 Å². The second-order valence-electron chi connectivity index (χ2n) is 4.48. The summed E-state index contributed by atoms with van der Waals surface area (Å²) in [4.78, 5) is 26.8. The van der Waals surface area contributed by atoms with Crippen molar-refractivity contribution in [1.82, 2.24) is 9.80 Å². The standard InChI is InChI=1S/C14H14N2O2S/c1-9-5-4-6-10(7-9)8-11-12(17)15(2)14(19)16(3)13(11)18/h4-8H,1-3H3. The van der Waals surface area contributed by atoms with Crippen molar-refractivity contribution >= 4 is 35.2 Å². The van der Waals surface area contributed by atoms with Gasteiger partial charge in [-0.25, -0.2) is 0 Å². The van der Waals surface area contributed by atoms with Crippen molar-refractivity contribution in [3.63, 3.8) is 0 Å². The van der Waals surface area contributed by atoms with Crippen LogP contribution in [0.1, 0.15) is 11.1 Å². The highest BCUT2D eigenvalue weighted by Crippen LogP contribution is 2.18. The quantitative estimate of drug-likeness (QED) is 0.443. The number of nitrogens with zero attached hydrogens (tertiary/aromatic N) is 2. The number of aryl methyl sites for hydroxylation is 1. The first kappa shape index (κ1) is 13.4. The van der Waals surface area contributed by atoms with Gasteiger partial charge in [0.2, 0.25) is 0 Å². The molecule has 1 aromatic rings. The molecule has 1 aliphatic heterocycles. The number of carbonyl (C=O) groups is 2. The highest BCUT2D eigenvalue weighted by atomic mass is 32.1. The first-order valence-corrected chi connectivity index (χ1v) is 6.21. The fraction of sp³-hybridized carbons (Fsp3) is 0.214. The van der Waals surface area contributed by atoms with Crippen LogP contribution >= 0.6 is 12.2 Å². The zero-order chi connectivity index (χ0) is 14.2. The van der Waals surface area contributed by atoms with Crippen LogP contribution in [-0.4, -0.2) is 40.8 Å². The summed E-state index contributed by atoms with van der Waals surface area (Å²) in [6.45, 7) is 1.96. The fourth-order valence-electron chi connectivity index (χ4n) is 1.90. The molecule has 1 aromatic carbocycles. The molecule has 1 aliphatic rings. The maximum atomic E-state index is 12.1. The van der Waals surface area contributed by atoms with Gasteiger partial charge < -0.3 is 0 Å². The molecule has 1 fully saturated rings. The summed E-state index contributed by atoms with van der Waals surface area (Å²) in [6.07, 6.45) is 1.60. The lowest BCUT2D eigenvalue weighted by molar-refractivity contribution is -0.132.